The number of ether oxygens (including phenoxy) is 1. The Hall–Kier alpha value is -2.67. The van der Waals surface area contributed by atoms with Crippen LogP contribution in [0.1, 0.15) is 18.4 Å². The molecular weight excluding hydrogens is 367 g/mol. The molecule has 1 heterocycles. The number of unbranched alkanes of at least 4 members (excludes halogenated alkanes) is 1. The molecule has 2 aromatic carbocycles. The molecule has 28 heavy (non-hydrogen) atoms. The summed E-state index contributed by atoms with van der Waals surface area (Å²) in [6.07, 6.45) is -2.29. The van der Waals surface area contributed by atoms with Gasteiger partial charge >= 0.3 is 6.36 Å². The molecule has 150 valence electrons. The maximum atomic E-state index is 12.6. The van der Waals surface area contributed by atoms with Crippen LogP contribution < -0.4 is 15.4 Å². The molecule has 3 rings (SSSR count). The summed E-state index contributed by atoms with van der Waals surface area (Å²) in [5.74, 6) is -0.215. The molecular formula is C21H24F3N3O. The van der Waals surface area contributed by atoms with Gasteiger partial charge in [0.05, 0.1) is 0 Å². The van der Waals surface area contributed by atoms with Crippen molar-refractivity contribution in [3.8, 4) is 17.0 Å². The van der Waals surface area contributed by atoms with E-state index in [1.165, 1.54) is 12.1 Å². The van der Waals surface area contributed by atoms with Gasteiger partial charge in [0, 0.05) is 41.9 Å². The van der Waals surface area contributed by atoms with E-state index in [2.05, 4.69) is 15.8 Å². The second kappa shape index (κ2) is 8.14. The first-order valence-corrected chi connectivity index (χ1v) is 9.16. The third kappa shape index (κ3) is 4.59. The summed E-state index contributed by atoms with van der Waals surface area (Å²) in [6, 6.07) is 12.4. The largest absolute Gasteiger partial charge is 0.573 e. The topological polar surface area (TPSA) is 54.3 Å². The lowest BCUT2D eigenvalue weighted by molar-refractivity contribution is -0.274. The number of hydrogen-bond donors (Lipinski definition) is 2. The van der Waals surface area contributed by atoms with Gasteiger partial charge in [-0.25, -0.2) is 0 Å². The van der Waals surface area contributed by atoms with Crippen molar-refractivity contribution < 1.29 is 17.9 Å². The van der Waals surface area contributed by atoms with E-state index in [1.807, 2.05) is 37.2 Å². The van der Waals surface area contributed by atoms with E-state index in [9.17, 15) is 13.2 Å². The van der Waals surface area contributed by atoms with Crippen LogP contribution in [0.2, 0.25) is 0 Å². The van der Waals surface area contributed by atoms with Crippen molar-refractivity contribution in [1.82, 2.24) is 4.98 Å². The van der Waals surface area contributed by atoms with E-state index >= 15 is 0 Å². The molecule has 0 saturated carbocycles. The Balaban J connectivity index is 2.10. The molecule has 7 heteroatoms. The summed E-state index contributed by atoms with van der Waals surface area (Å²) in [5.41, 5.74) is 10.3. The first-order valence-electron chi connectivity index (χ1n) is 9.16. The molecule has 3 N–H and O–H groups in total. The standard InChI is InChI=1S/C21H24F3N3O/c1-27(2)15-7-5-6-14(12-15)20-17(8-3-4-11-25)18-13-16(28-21(22,23)24)9-10-19(18)26-20/h5-7,9-10,12-13,26H,3-4,8,11,25H2,1-2H3. The number of benzene rings is 2. The molecule has 3 aromatic rings. The first kappa shape index (κ1) is 20.1. The van der Waals surface area contributed by atoms with E-state index < -0.39 is 6.36 Å². The summed E-state index contributed by atoms with van der Waals surface area (Å²) < 4.78 is 42.0. The fraction of sp³-hybridized carbons (Fsp3) is 0.333. The van der Waals surface area contributed by atoms with Crippen LogP contribution in [0.4, 0.5) is 18.9 Å². The molecule has 0 saturated heterocycles. The third-order valence-electron chi connectivity index (χ3n) is 4.64. The van der Waals surface area contributed by atoms with Gasteiger partial charge in [-0.05, 0) is 61.7 Å². The van der Waals surface area contributed by atoms with Crippen LogP contribution in [0.15, 0.2) is 42.5 Å². The molecule has 0 amide bonds. The highest BCUT2D eigenvalue weighted by molar-refractivity contribution is 5.92. The van der Waals surface area contributed by atoms with E-state index in [0.717, 1.165) is 46.3 Å². The van der Waals surface area contributed by atoms with Gasteiger partial charge < -0.3 is 20.4 Å². The fourth-order valence-corrected chi connectivity index (χ4v) is 3.32. The molecule has 0 atom stereocenters. The average Bonchev–Trinajstić information content (AvgIpc) is 2.99. The number of aryl methyl sites for hydroxylation is 1. The maximum absolute atomic E-state index is 12.6. The fourth-order valence-electron chi connectivity index (χ4n) is 3.32. The monoisotopic (exact) mass is 391 g/mol. The van der Waals surface area contributed by atoms with Gasteiger partial charge in [0.15, 0.2) is 0 Å². The lowest BCUT2D eigenvalue weighted by Gasteiger charge is -2.14. The van der Waals surface area contributed by atoms with Crippen molar-refractivity contribution in [2.75, 3.05) is 25.5 Å². The number of fused-ring (bicyclic) bond motifs is 1. The van der Waals surface area contributed by atoms with E-state index in [0.29, 0.717) is 13.0 Å². The predicted octanol–water partition coefficient (Wildman–Crippen LogP) is 5.08. The Morgan fingerprint density at radius 3 is 2.54 bits per heavy atom. The normalized spacial score (nSPS) is 11.8. The highest BCUT2D eigenvalue weighted by Gasteiger charge is 2.31. The van der Waals surface area contributed by atoms with Gasteiger partial charge in [-0.2, -0.15) is 0 Å². The Labute approximate surface area is 162 Å². The summed E-state index contributed by atoms with van der Waals surface area (Å²) in [5, 5.41) is 0.740. The molecule has 1 aromatic heterocycles. The van der Waals surface area contributed by atoms with Crippen LogP contribution >= 0.6 is 0 Å². The number of H-pyrrole nitrogens is 1. The zero-order chi connectivity index (χ0) is 20.3. The Morgan fingerprint density at radius 1 is 1.07 bits per heavy atom. The predicted molar refractivity (Wildman–Crippen MR) is 107 cm³/mol. The van der Waals surface area contributed by atoms with Gasteiger partial charge in [-0.1, -0.05) is 12.1 Å². The number of nitrogens with zero attached hydrogens (tertiary/aromatic N) is 1. The number of nitrogens with one attached hydrogen (secondary N) is 1. The van der Waals surface area contributed by atoms with Crippen LogP contribution in [-0.2, 0) is 6.42 Å². The smallest absolute Gasteiger partial charge is 0.406 e. The van der Waals surface area contributed by atoms with Crippen LogP contribution in [0, 0.1) is 0 Å². The number of rotatable bonds is 7. The average molecular weight is 391 g/mol. The van der Waals surface area contributed by atoms with Gasteiger partial charge in [0.1, 0.15) is 5.75 Å². The minimum absolute atomic E-state index is 0.215. The number of aromatic nitrogens is 1. The van der Waals surface area contributed by atoms with Crippen molar-refractivity contribution in [2.24, 2.45) is 5.73 Å². The number of aromatic amines is 1. The summed E-state index contributed by atoms with van der Waals surface area (Å²) in [4.78, 5) is 5.39. The second-order valence-electron chi connectivity index (χ2n) is 6.92. The molecule has 0 spiro atoms. The van der Waals surface area contributed by atoms with Gasteiger partial charge in [-0.15, -0.1) is 13.2 Å². The van der Waals surface area contributed by atoms with Crippen molar-refractivity contribution in [2.45, 2.75) is 25.6 Å². The highest BCUT2D eigenvalue weighted by atomic mass is 19.4. The number of hydrogen-bond acceptors (Lipinski definition) is 3. The summed E-state index contributed by atoms with van der Waals surface area (Å²) in [6.45, 7) is 0.580. The molecule has 0 aliphatic heterocycles. The maximum Gasteiger partial charge on any atom is 0.573 e. The van der Waals surface area contributed by atoms with Crippen LogP contribution in [0.5, 0.6) is 5.75 Å². The SMILES string of the molecule is CN(C)c1cccc(-c2[nH]c3ccc(OC(F)(F)F)cc3c2CCCCN)c1. The number of alkyl halides is 3. The summed E-state index contributed by atoms with van der Waals surface area (Å²) >= 11 is 0. The van der Waals surface area contributed by atoms with Crippen LogP contribution in [-0.4, -0.2) is 32.0 Å². The first-order chi connectivity index (χ1) is 13.3. The van der Waals surface area contributed by atoms with Crippen molar-refractivity contribution in [3.05, 3.63) is 48.0 Å². The van der Waals surface area contributed by atoms with Crippen molar-refractivity contribution >= 4 is 16.6 Å². The van der Waals surface area contributed by atoms with Crippen molar-refractivity contribution in [1.29, 1.82) is 0 Å². The number of halogens is 3. The highest BCUT2D eigenvalue weighted by Crippen LogP contribution is 2.35. The Kier molecular flexibility index (Phi) is 5.84. The molecule has 0 aliphatic rings. The minimum Gasteiger partial charge on any atom is -0.406 e. The Bertz CT molecular complexity index is 948. The molecule has 0 radical (unpaired) electrons. The number of anilines is 1. The van der Waals surface area contributed by atoms with Crippen LogP contribution in [0.3, 0.4) is 0 Å². The lowest BCUT2D eigenvalue weighted by atomic mass is 10.00. The number of nitrogens with two attached hydrogens (primary N) is 1. The molecule has 0 bridgehead atoms. The second-order valence-corrected chi connectivity index (χ2v) is 6.92. The van der Waals surface area contributed by atoms with Crippen molar-refractivity contribution in [3.63, 3.8) is 0 Å². The van der Waals surface area contributed by atoms with E-state index in [-0.39, 0.29) is 5.75 Å². The van der Waals surface area contributed by atoms with Gasteiger partial charge in [-0.3, -0.25) is 0 Å². The lowest BCUT2D eigenvalue weighted by Crippen LogP contribution is -2.16. The molecule has 0 fully saturated rings. The van der Waals surface area contributed by atoms with Crippen LogP contribution in [0.25, 0.3) is 22.2 Å². The molecule has 0 aliphatic carbocycles. The van der Waals surface area contributed by atoms with E-state index in [1.54, 1.807) is 6.07 Å². The van der Waals surface area contributed by atoms with Gasteiger partial charge in [0.2, 0.25) is 0 Å². The quantitative estimate of drug-likeness (QED) is 0.552. The van der Waals surface area contributed by atoms with Gasteiger partial charge in [0.25, 0.3) is 0 Å². The summed E-state index contributed by atoms with van der Waals surface area (Å²) in [7, 11) is 3.93. The molecule has 4 nitrogen and oxygen atoms in total. The zero-order valence-corrected chi connectivity index (χ0v) is 15.9. The third-order valence-corrected chi connectivity index (χ3v) is 4.64. The zero-order valence-electron chi connectivity index (χ0n) is 15.9. The molecule has 0 unspecified atom stereocenters. The minimum atomic E-state index is -4.72. The van der Waals surface area contributed by atoms with E-state index in [4.69, 9.17) is 5.73 Å². The Morgan fingerprint density at radius 2 is 1.86 bits per heavy atom.